The molecule has 0 fully saturated rings. The fourth-order valence-corrected chi connectivity index (χ4v) is 5.55. The lowest BCUT2D eigenvalue weighted by Gasteiger charge is -2.15. The standard InChI is InChI=1S/C33H19N/c34-20-21-12-14-22(15-13-21)23-16-17-28(25-7-2-1-6-24(23)25)29-18-19-32-27-9-4-3-8-26(27)30-10-5-11-31(29)33(30)32/h1-19H. The van der Waals surface area contributed by atoms with Crippen LogP contribution in [0.4, 0.5) is 0 Å². The lowest BCUT2D eigenvalue weighted by atomic mass is 9.89. The number of hydrogen-bond acceptors (Lipinski definition) is 1. The molecular weight excluding hydrogens is 410 g/mol. The molecule has 34 heavy (non-hydrogen) atoms. The van der Waals surface area contributed by atoms with Crippen LogP contribution in [0.2, 0.25) is 0 Å². The number of nitriles is 1. The highest BCUT2D eigenvalue weighted by Gasteiger charge is 2.22. The molecule has 0 N–H and O–H groups in total. The van der Waals surface area contributed by atoms with E-state index >= 15 is 0 Å². The van der Waals surface area contributed by atoms with Gasteiger partial charge in [-0.3, -0.25) is 0 Å². The molecule has 0 aliphatic heterocycles. The van der Waals surface area contributed by atoms with Crippen molar-refractivity contribution in [3.05, 3.63) is 121 Å². The number of benzene rings is 6. The van der Waals surface area contributed by atoms with Crippen molar-refractivity contribution in [3.63, 3.8) is 0 Å². The van der Waals surface area contributed by atoms with Gasteiger partial charge in [-0.1, -0.05) is 103 Å². The first-order valence-electron chi connectivity index (χ1n) is 11.5. The third-order valence-electron chi connectivity index (χ3n) is 7.09. The maximum absolute atomic E-state index is 9.17. The molecule has 0 spiro atoms. The zero-order valence-electron chi connectivity index (χ0n) is 18.4. The van der Waals surface area contributed by atoms with Gasteiger partial charge in [-0.2, -0.15) is 5.26 Å². The predicted molar refractivity (Wildman–Crippen MR) is 141 cm³/mol. The van der Waals surface area contributed by atoms with E-state index in [0.29, 0.717) is 5.56 Å². The summed E-state index contributed by atoms with van der Waals surface area (Å²) >= 11 is 0. The largest absolute Gasteiger partial charge is 0.192 e. The third-order valence-corrected chi connectivity index (χ3v) is 7.09. The van der Waals surface area contributed by atoms with Gasteiger partial charge in [0.25, 0.3) is 0 Å². The first-order chi connectivity index (χ1) is 16.8. The second-order valence-corrected chi connectivity index (χ2v) is 8.83. The monoisotopic (exact) mass is 429 g/mol. The normalized spacial score (nSPS) is 11.5. The molecule has 1 heteroatoms. The molecule has 0 saturated carbocycles. The van der Waals surface area contributed by atoms with E-state index in [1.807, 2.05) is 24.3 Å². The molecule has 0 radical (unpaired) electrons. The van der Waals surface area contributed by atoms with Crippen LogP contribution in [0.25, 0.3) is 66.1 Å². The van der Waals surface area contributed by atoms with Gasteiger partial charge in [-0.25, -0.2) is 0 Å². The molecule has 156 valence electrons. The van der Waals surface area contributed by atoms with Gasteiger partial charge in [0.05, 0.1) is 11.6 Å². The van der Waals surface area contributed by atoms with Crippen molar-refractivity contribution < 1.29 is 0 Å². The topological polar surface area (TPSA) is 23.8 Å². The van der Waals surface area contributed by atoms with Crippen LogP contribution in [-0.4, -0.2) is 0 Å². The van der Waals surface area contributed by atoms with Gasteiger partial charge in [-0.15, -0.1) is 0 Å². The Hall–Kier alpha value is -4.67. The highest BCUT2D eigenvalue weighted by Crippen LogP contribution is 2.49. The van der Waals surface area contributed by atoms with Crippen LogP contribution in [0.15, 0.2) is 115 Å². The fraction of sp³-hybridized carbons (Fsp3) is 0. The van der Waals surface area contributed by atoms with E-state index < -0.39 is 0 Å². The van der Waals surface area contributed by atoms with Crippen molar-refractivity contribution >= 4 is 21.5 Å². The zero-order valence-corrected chi connectivity index (χ0v) is 18.4. The van der Waals surface area contributed by atoms with Crippen LogP contribution >= 0.6 is 0 Å². The van der Waals surface area contributed by atoms with Gasteiger partial charge in [0.15, 0.2) is 0 Å². The minimum atomic E-state index is 0.679. The molecule has 0 heterocycles. The Balaban J connectivity index is 1.49. The van der Waals surface area contributed by atoms with Crippen LogP contribution in [0.3, 0.4) is 0 Å². The first-order valence-corrected chi connectivity index (χ1v) is 11.5. The molecule has 0 bridgehead atoms. The molecule has 6 aromatic carbocycles. The predicted octanol–water partition coefficient (Wildman–Crippen LogP) is 8.85. The summed E-state index contributed by atoms with van der Waals surface area (Å²) in [6, 6.07) is 43.1. The average Bonchev–Trinajstić information content (AvgIpc) is 3.24. The number of nitrogens with zero attached hydrogens (tertiary/aromatic N) is 1. The Bertz CT molecular complexity index is 1770. The molecule has 0 amide bonds. The van der Waals surface area contributed by atoms with Crippen LogP contribution in [0.5, 0.6) is 0 Å². The van der Waals surface area contributed by atoms with Gasteiger partial charge in [0.1, 0.15) is 0 Å². The molecule has 0 aromatic heterocycles. The molecule has 0 saturated heterocycles. The summed E-state index contributed by atoms with van der Waals surface area (Å²) < 4.78 is 0. The molecule has 0 atom stereocenters. The summed E-state index contributed by atoms with van der Waals surface area (Å²) in [7, 11) is 0. The Morgan fingerprint density at radius 3 is 1.59 bits per heavy atom. The van der Waals surface area contributed by atoms with Crippen molar-refractivity contribution in [2.45, 2.75) is 0 Å². The number of hydrogen-bond donors (Lipinski definition) is 0. The van der Waals surface area contributed by atoms with Crippen molar-refractivity contribution in [2.24, 2.45) is 0 Å². The summed E-state index contributed by atoms with van der Waals surface area (Å²) in [5, 5.41) is 14.3. The van der Waals surface area contributed by atoms with Crippen LogP contribution in [0, 0.1) is 11.3 Å². The molecule has 7 rings (SSSR count). The van der Waals surface area contributed by atoms with Crippen LogP contribution in [0.1, 0.15) is 5.56 Å². The molecule has 1 aliphatic carbocycles. The molecule has 1 nitrogen and oxygen atoms in total. The van der Waals surface area contributed by atoms with Gasteiger partial charge < -0.3 is 0 Å². The van der Waals surface area contributed by atoms with Gasteiger partial charge in [0, 0.05) is 0 Å². The molecular formula is C33H19N. The van der Waals surface area contributed by atoms with E-state index in [2.05, 4.69) is 97.1 Å². The molecule has 6 aromatic rings. The summed E-state index contributed by atoms with van der Waals surface area (Å²) in [4.78, 5) is 0. The summed E-state index contributed by atoms with van der Waals surface area (Å²) in [5.41, 5.74) is 10.8. The Labute approximate surface area is 198 Å². The fourth-order valence-electron chi connectivity index (χ4n) is 5.55. The van der Waals surface area contributed by atoms with Gasteiger partial charge in [-0.05, 0) is 78.2 Å². The van der Waals surface area contributed by atoms with E-state index in [4.69, 9.17) is 0 Å². The lowest BCUT2D eigenvalue weighted by Crippen LogP contribution is -1.88. The highest BCUT2D eigenvalue weighted by atomic mass is 14.3. The number of rotatable bonds is 2. The minimum absolute atomic E-state index is 0.679. The van der Waals surface area contributed by atoms with Crippen molar-refractivity contribution in [3.8, 4) is 50.6 Å². The maximum atomic E-state index is 9.17. The summed E-state index contributed by atoms with van der Waals surface area (Å²) in [5.74, 6) is 0. The van der Waals surface area contributed by atoms with Crippen LogP contribution < -0.4 is 0 Å². The smallest absolute Gasteiger partial charge is 0.0991 e. The van der Waals surface area contributed by atoms with Gasteiger partial charge >= 0.3 is 0 Å². The maximum Gasteiger partial charge on any atom is 0.0991 e. The van der Waals surface area contributed by atoms with Gasteiger partial charge in [0.2, 0.25) is 0 Å². The second-order valence-electron chi connectivity index (χ2n) is 8.83. The van der Waals surface area contributed by atoms with E-state index in [1.165, 1.54) is 60.5 Å². The van der Waals surface area contributed by atoms with E-state index in [0.717, 1.165) is 5.56 Å². The van der Waals surface area contributed by atoms with E-state index in [1.54, 1.807) is 0 Å². The van der Waals surface area contributed by atoms with Crippen molar-refractivity contribution in [1.29, 1.82) is 5.26 Å². The molecule has 1 aliphatic rings. The SMILES string of the molecule is N#Cc1ccc(-c2ccc(-c3ccc4c5c(cccc35)-c3ccccc3-4)c3ccccc23)cc1. The lowest BCUT2D eigenvalue weighted by molar-refractivity contribution is 1.48. The average molecular weight is 430 g/mol. The van der Waals surface area contributed by atoms with Crippen molar-refractivity contribution in [2.75, 3.05) is 0 Å². The van der Waals surface area contributed by atoms with E-state index in [-0.39, 0.29) is 0 Å². The Morgan fingerprint density at radius 1 is 0.382 bits per heavy atom. The van der Waals surface area contributed by atoms with Crippen molar-refractivity contribution in [1.82, 2.24) is 0 Å². The second kappa shape index (κ2) is 7.17. The third kappa shape index (κ3) is 2.60. The van der Waals surface area contributed by atoms with Crippen LogP contribution in [-0.2, 0) is 0 Å². The molecule has 0 unspecified atom stereocenters. The summed E-state index contributed by atoms with van der Waals surface area (Å²) in [6.07, 6.45) is 0. The minimum Gasteiger partial charge on any atom is -0.192 e. The summed E-state index contributed by atoms with van der Waals surface area (Å²) in [6.45, 7) is 0. The zero-order chi connectivity index (χ0) is 22.6. The Kier molecular flexibility index (Phi) is 3.98. The number of fused-ring (bicyclic) bond motifs is 4. The highest BCUT2D eigenvalue weighted by molar-refractivity contribution is 6.20. The quantitative estimate of drug-likeness (QED) is 0.269. The first kappa shape index (κ1) is 18.9. The van der Waals surface area contributed by atoms with E-state index in [9.17, 15) is 5.26 Å². The Morgan fingerprint density at radius 2 is 0.882 bits per heavy atom.